The van der Waals surface area contributed by atoms with E-state index in [1.807, 2.05) is 0 Å². The molecule has 0 saturated heterocycles. The Balaban J connectivity index is 1.96. The number of hydrogen-bond donors (Lipinski definition) is 3. The molecule has 1 heterocycles. The van der Waals surface area contributed by atoms with Crippen LogP contribution in [0.5, 0.6) is 5.75 Å². The molecule has 1 atom stereocenters. The van der Waals surface area contributed by atoms with Gasteiger partial charge in [0.1, 0.15) is 11.6 Å². The Kier molecular flexibility index (Phi) is 6.73. The smallest absolute Gasteiger partial charge is 0.406 e. The number of nitro groups is 1. The van der Waals surface area contributed by atoms with Gasteiger partial charge in [-0.2, -0.15) is 4.98 Å². The van der Waals surface area contributed by atoms with Gasteiger partial charge in [0, 0.05) is 35.5 Å². The SMILES string of the molecule is C[C@@H](CO)Nc1nc(Nc2ccc([N+](=O)[O-])cc2)cc(-c2cccc(OC(F)(F)F)c2)n1. The lowest BCUT2D eigenvalue weighted by Gasteiger charge is -2.15. The van der Waals surface area contributed by atoms with Crippen molar-refractivity contribution in [2.24, 2.45) is 0 Å². The number of aliphatic hydroxyl groups excluding tert-OH is 1. The molecule has 0 spiro atoms. The van der Waals surface area contributed by atoms with Crippen molar-refractivity contribution in [3.63, 3.8) is 0 Å². The standard InChI is InChI=1S/C20H18F3N5O4/c1-12(11-29)24-19-26-17(13-3-2-4-16(9-13)32-20(21,22)23)10-18(27-19)25-14-5-7-15(8-6-14)28(30)31/h2-10,12,29H,11H2,1H3,(H2,24,25,26,27)/t12-/m0/s1. The van der Waals surface area contributed by atoms with Crippen molar-refractivity contribution < 1.29 is 27.9 Å². The highest BCUT2D eigenvalue weighted by molar-refractivity contribution is 5.68. The largest absolute Gasteiger partial charge is 0.573 e. The lowest BCUT2D eigenvalue weighted by Crippen LogP contribution is -2.21. The fourth-order valence-corrected chi connectivity index (χ4v) is 2.66. The summed E-state index contributed by atoms with van der Waals surface area (Å²) in [5.74, 6) is -0.00836. The van der Waals surface area contributed by atoms with Crippen LogP contribution in [0.3, 0.4) is 0 Å². The molecule has 0 fully saturated rings. The molecule has 0 aliphatic carbocycles. The van der Waals surface area contributed by atoms with Crippen molar-refractivity contribution in [3.05, 3.63) is 64.7 Å². The average Bonchev–Trinajstić information content (AvgIpc) is 2.73. The minimum atomic E-state index is -4.84. The van der Waals surface area contributed by atoms with Crippen LogP contribution in [0.2, 0.25) is 0 Å². The summed E-state index contributed by atoms with van der Waals surface area (Å²) in [5.41, 5.74) is 1.03. The number of aromatic nitrogens is 2. The number of nitrogens with one attached hydrogen (secondary N) is 2. The molecule has 0 amide bonds. The van der Waals surface area contributed by atoms with E-state index >= 15 is 0 Å². The molecule has 0 aliphatic rings. The summed E-state index contributed by atoms with van der Waals surface area (Å²) in [7, 11) is 0. The van der Waals surface area contributed by atoms with Crippen LogP contribution < -0.4 is 15.4 Å². The Labute approximate surface area is 180 Å². The van der Waals surface area contributed by atoms with Gasteiger partial charge in [-0.25, -0.2) is 4.98 Å². The zero-order chi connectivity index (χ0) is 23.3. The molecule has 168 valence electrons. The number of anilines is 3. The Morgan fingerprint density at radius 3 is 2.50 bits per heavy atom. The van der Waals surface area contributed by atoms with E-state index in [1.54, 1.807) is 13.0 Å². The molecule has 2 aromatic carbocycles. The van der Waals surface area contributed by atoms with Crippen LogP contribution in [0, 0.1) is 10.1 Å². The normalized spacial score (nSPS) is 12.2. The molecule has 0 radical (unpaired) electrons. The van der Waals surface area contributed by atoms with Crippen LogP contribution in [0.15, 0.2) is 54.6 Å². The van der Waals surface area contributed by atoms with Gasteiger partial charge in [-0.3, -0.25) is 10.1 Å². The van der Waals surface area contributed by atoms with Gasteiger partial charge in [0.25, 0.3) is 5.69 Å². The Hall–Kier alpha value is -3.93. The number of ether oxygens (including phenoxy) is 1. The van der Waals surface area contributed by atoms with Gasteiger partial charge in [0.05, 0.1) is 17.2 Å². The maximum atomic E-state index is 12.6. The van der Waals surface area contributed by atoms with Crippen LogP contribution in [-0.4, -0.2) is 39.0 Å². The first-order chi connectivity index (χ1) is 15.1. The Morgan fingerprint density at radius 1 is 1.16 bits per heavy atom. The van der Waals surface area contributed by atoms with Crippen molar-refractivity contribution in [2.75, 3.05) is 17.2 Å². The van der Waals surface area contributed by atoms with E-state index in [0.717, 1.165) is 0 Å². The third kappa shape index (κ3) is 6.28. The predicted molar refractivity (Wildman–Crippen MR) is 111 cm³/mol. The fourth-order valence-electron chi connectivity index (χ4n) is 2.66. The number of rotatable bonds is 8. The van der Waals surface area contributed by atoms with E-state index in [0.29, 0.717) is 11.3 Å². The third-order valence-electron chi connectivity index (χ3n) is 4.09. The number of alkyl halides is 3. The second kappa shape index (κ2) is 9.47. The number of aliphatic hydroxyl groups is 1. The van der Waals surface area contributed by atoms with Crippen LogP contribution in [0.25, 0.3) is 11.3 Å². The van der Waals surface area contributed by atoms with Crippen LogP contribution >= 0.6 is 0 Å². The van der Waals surface area contributed by atoms with Crippen molar-refractivity contribution >= 4 is 23.1 Å². The number of nitrogens with zero attached hydrogens (tertiary/aromatic N) is 3. The summed E-state index contributed by atoms with van der Waals surface area (Å²) >= 11 is 0. The van der Waals surface area contributed by atoms with Crippen molar-refractivity contribution in [2.45, 2.75) is 19.3 Å². The molecule has 9 nitrogen and oxygen atoms in total. The second-order valence-electron chi connectivity index (χ2n) is 6.69. The zero-order valence-electron chi connectivity index (χ0n) is 16.6. The van der Waals surface area contributed by atoms with Gasteiger partial charge in [-0.1, -0.05) is 12.1 Å². The minimum absolute atomic E-state index is 0.0838. The second-order valence-corrected chi connectivity index (χ2v) is 6.69. The molecule has 1 aromatic heterocycles. The number of hydrogen-bond acceptors (Lipinski definition) is 8. The number of halogens is 3. The Morgan fingerprint density at radius 2 is 1.88 bits per heavy atom. The highest BCUT2D eigenvalue weighted by Gasteiger charge is 2.31. The molecule has 0 unspecified atom stereocenters. The van der Waals surface area contributed by atoms with Gasteiger partial charge in [-0.05, 0) is 31.2 Å². The first kappa shape index (κ1) is 22.7. The highest BCUT2D eigenvalue weighted by atomic mass is 19.4. The summed E-state index contributed by atoms with van der Waals surface area (Å²) in [4.78, 5) is 18.9. The van der Waals surface area contributed by atoms with E-state index in [4.69, 9.17) is 0 Å². The lowest BCUT2D eigenvalue weighted by atomic mass is 10.1. The quantitative estimate of drug-likeness (QED) is 0.340. The predicted octanol–water partition coefficient (Wildman–Crippen LogP) is 4.49. The third-order valence-corrected chi connectivity index (χ3v) is 4.09. The highest BCUT2D eigenvalue weighted by Crippen LogP contribution is 2.29. The molecular formula is C20H18F3N5O4. The summed E-state index contributed by atoms with van der Waals surface area (Å²) in [6, 6.07) is 12.0. The monoisotopic (exact) mass is 449 g/mol. The number of benzene rings is 2. The zero-order valence-corrected chi connectivity index (χ0v) is 16.6. The summed E-state index contributed by atoms with van der Waals surface area (Å²) < 4.78 is 41.7. The van der Waals surface area contributed by atoms with Crippen LogP contribution in [-0.2, 0) is 0 Å². The maximum Gasteiger partial charge on any atom is 0.573 e. The van der Waals surface area contributed by atoms with Gasteiger partial charge < -0.3 is 20.5 Å². The summed E-state index contributed by atoms with van der Waals surface area (Å²) in [6.45, 7) is 1.49. The fraction of sp³-hybridized carbons (Fsp3) is 0.200. The molecule has 3 aromatic rings. The molecule has 32 heavy (non-hydrogen) atoms. The molecule has 3 N–H and O–H groups in total. The summed E-state index contributed by atoms with van der Waals surface area (Å²) in [6.07, 6.45) is -4.84. The molecule has 12 heteroatoms. The van der Waals surface area contributed by atoms with E-state index in [1.165, 1.54) is 48.5 Å². The van der Waals surface area contributed by atoms with E-state index in [-0.39, 0.29) is 29.8 Å². The van der Waals surface area contributed by atoms with E-state index < -0.39 is 23.1 Å². The molecule has 3 rings (SSSR count). The van der Waals surface area contributed by atoms with E-state index in [2.05, 4.69) is 25.3 Å². The molecule has 0 saturated carbocycles. The molecule has 0 aliphatic heterocycles. The number of non-ortho nitro benzene ring substituents is 1. The first-order valence-corrected chi connectivity index (χ1v) is 9.27. The maximum absolute atomic E-state index is 12.6. The van der Waals surface area contributed by atoms with E-state index in [9.17, 15) is 28.4 Å². The van der Waals surface area contributed by atoms with Crippen LogP contribution in [0.1, 0.15) is 6.92 Å². The molecule has 0 bridgehead atoms. The van der Waals surface area contributed by atoms with Gasteiger partial charge in [0.15, 0.2) is 0 Å². The van der Waals surface area contributed by atoms with Gasteiger partial charge in [0.2, 0.25) is 5.95 Å². The van der Waals surface area contributed by atoms with Crippen molar-refractivity contribution in [3.8, 4) is 17.0 Å². The minimum Gasteiger partial charge on any atom is -0.406 e. The van der Waals surface area contributed by atoms with Crippen molar-refractivity contribution in [1.29, 1.82) is 0 Å². The molecular weight excluding hydrogens is 431 g/mol. The lowest BCUT2D eigenvalue weighted by molar-refractivity contribution is -0.384. The summed E-state index contributed by atoms with van der Waals surface area (Å²) in [5, 5.41) is 26.0. The van der Waals surface area contributed by atoms with Crippen molar-refractivity contribution in [1.82, 2.24) is 9.97 Å². The average molecular weight is 449 g/mol. The van der Waals surface area contributed by atoms with Gasteiger partial charge in [-0.15, -0.1) is 13.2 Å². The topological polar surface area (TPSA) is 122 Å². The first-order valence-electron chi connectivity index (χ1n) is 9.27. The van der Waals surface area contributed by atoms with Gasteiger partial charge >= 0.3 is 6.36 Å². The number of nitro benzene ring substituents is 1. The van der Waals surface area contributed by atoms with Crippen LogP contribution in [0.4, 0.5) is 36.3 Å². The Bertz CT molecular complexity index is 1090.